The Morgan fingerprint density at radius 2 is 1.36 bits per heavy atom. The SMILES string of the molecule is O=C1C=CC(=CC=C2C=C[NH+](Cc3ccccc3)C=C2)C=C1. The van der Waals surface area contributed by atoms with Crippen molar-refractivity contribution in [1.82, 2.24) is 0 Å². The van der Waals surface area contributed by atoms with Gasteiger partial charge in [-0.3, -0.25) is 9.69 Å². The summed E-state index contributed by atoms with van der Waals surface area (Å²) in [5, 5.41) is 0. The van der Waals surface area contributed by atoms with E-state index in [0.717, 1.165) is 17.7 Å². The van der Waals surface area contributed by atoms with E-state index in [9.17, 15) is 4.79 Å². The number of rotatable bonds is 3. The molecule has 1 N–H and O–H groups in total. The average Bonchev–Trinajstić information content (AvgIpc) is 2.57. The van der Waals surface area contributed by atoms with Crippen LogP contribution in [-0.2, 0) is 11.3 Å². The molecule has 0 fully saturated rings. The van der Waals surface area contributed by atoms with Gasteiger partial charge in [-0.25, -0.2) is 0 Å². The highest BCUT2D eigenvalue weighted by Crippen LogP contribution is 2.09. The molecule has 22 heavy (non-hydrogen) atoms. The smallest absolute Gasteiger partial charge is 0.178 e. The highest BCUT2D eigenvalue weighted by molar-refractivity contribution is 6.01. The second-order valence-corrected chi connectivity index (χ2v) is 5.31. The second kappa shape index (κ2) is 6.83. The summed E-state index contributed by atoms with van der Waals surface area (Å²) in [6.45, 7) is 0.954. The average molecular weight is 288 g/mol. The van der Waals surface area contributed by atoms with Gasteiger partial charge in [0.2, 0.25) is 0 Å². The molecule has 1 aliphatic carbocycles. The molecule has 0 radical (unpaired) electrons. The van der Waals surface area contributed by atoms with Gasteiger partial charge in [0.15, 0.2) is 5.78 Å². The van der Waals surface area contributed by atoms with Gasteiger partial charge in [-0.05, 0) is 35.5 Å². The summed E-state index contributed by atoms with van der Waals surface area (Å²) < 4.78 is 0. The Morgan fingerprint density at radius 1 is 0.773 bits per heavy atom. The van der Waals surface area contributed by atoms with E-state index in [1.54, 1.807) is 12.2 Å². The molecule has 2 nitrogen and oxygen atoms in total. The molecule has 1 aliphatic heterocycles. The summed E-state index contributed by atoms with van der Waals surface area (Å²) in [4.78, 5) is 12.4. The van der Waals surface area contributed by atoms with E-state index >= 15 is 0 Å². The molecule has 0 aromatic heterocycles. The van der Waals surface area contributed by atoms with Crippen molar-refractivity contribution in [3.63, 3.8) is 0 Å². The van der Waals surface area contributed by atoms with Crippen molar-refractivity contribution in [3.8, 4) is 0 Å². The Balaban J connectivity index is 1.62. The van der Waals surface area contributed by atoms with Gasteiger partial charge in [-0.2, -0.15) is 0 Å². The van der Waals surface area contributed by atoms with Crippen molar-refractivity contribution in [2.24, 2.45) is 0 Å². The van der Waals surface area contributed by atoms with Gasteiger partial charge in [-0.1, -0.05) is 54.6 Å². The van der Waals surface area contributed by atoms with Gasteiger partial charge in [0.25, 0.3) is 0 Å². The molecule has 0 unspecified atom stereocenters. The first kappa shape index (κ1) is 14.2. The van der Waals surface area contributed by atoms with Crippen LogP contribution in [-0.4, -0.2) is 5.78 Å². The van der Waals surface area contributed by atoms with Gasteiger partial charge in [-0.15, -0.1) is 0 Å². The Labute approximate surface area is 130 Å². The third-order valence-electron chi connectivity index (χ3n) is 3.58. The first-order valence-electron chi connectivity index (χ1n) is 7.38. The molecule has 0 amide bonds. The van der Waals surface area contributed by atoms with Gasteiger partial charge >= 0.3 is 0 Å². The molecule has 2 aliphatic rings. The number of quaternary nitrogens is 1. The third-order valence-corrected chi connectivity index (χ3v) is 3.58. The molecule has 0 saturated carbocycles. The molecular formula is C20H18NO+. The molecule has 108 valence electrons. The summed E-state index contributed by atoms with van der Waals surface area (Å²) >= 11 is 0. The fraction of sp³-hybridized carbons (Fsp3) is 0.0500. The first-order valence-corrected chi connectivity index (χ1v) is 7.38. The van der Waals surface area contributed by atoms with Gasteiger partial charge in [0.05, 0.1) is 12.4 Å². The Bertz CT molecular complexity index is 696. The predicted octanol–water partition coefficient (Wildman–Crippen LogP) is 2.66. The minimum atomic E-state index is 0.0439. The van der Waals surface area contributed by atoms with Crippen LogP contribution in [0.2, 0.25) is 0 Å². The molecule has 1 heterocycles. The van der Waals surface area contributed by atoms with Crippen LogP contribution in [0.15, 0.2) is 102 Å². The summed E-state index contributed by atoms with van der Waals surface area (Å²) in [6, 6.07) is 10.5. The summed E-state index contributed by atoms with van der Waals surface area (Å²) in [7, 11) is 0. The molecule has 0 saturated heterocycles. The van der Waals surface area contributed by atoms with Crippen LogP contribution in [0.4, 0.5) is 0 Å². The van der Waals surface area contributed by atoms with E-state index in [4.69, 9.17) is 0 Å². The maximum atomic E-state index is 11.1. The lowest BCUT2D eigenvalue weighted by atomic mass is 10.1. The third kappa shape index (κ3) is 3.90. The van der Waals surface area contributed by atoms with Crippen LogP contribution >= 0.6 is 0 Å². The molecule has 3 rings (SSSR count). The molecule has 0 atom stereocenters. The minimum absolute atomic E-state index is 0.0439. The van der Waals surface area contributed by atoms with E-state index in [-0.39, 0.29) is 5.78 Å². The minimum Gasteiger partial charge on any atom is -0.290 e. The van der Waals surface area contributed by atoms with Gasteiger partial charge in [0.1, 0.15) is 6.54 Å². The summed E-state index contributed by atoms with van der Waals surface area (Å²) in [6.07, 6.45) is 19.5. The molecule has 1 aromatic carbocycles. The maximum absolute atomic E-state index is 11.1. The Hall–Kier alpha value is -2.71. The van der Waals surface area contributed by atoms with E-state index in [2.05, 4.69) is 54.9 Å². The van der Waals surface area contributed by atoms with Crippen molar-refractivity contribution < 1.29 is 9.69 Å². The number of nitrogens with one attached hydrogen (secondary N) is 1. The fourth-order valence-corrected chi connectivity index (χ4v) is 2.35. The number of hydrogen-bond donors (Lipinski definition) is 1. The number of benzene rings is 1. The number of hydrogen-bond acceptors (Lipinski definition) is 1. The van der Waals surface area contributed by atoms with Crippen LogP contribution in [0.25, 0.3) is 0 Å². The quantitative estimate of drug-likeness (QED) is 0.907. The zero-order valence-electron chi connectivity index (χ0n) is 12.3. The maximum Gasteiger partial charge on any atom is 0.178 e. The fourth-order valence-electron chi connectivity index (χ4n) is 2.35. The number of ketones is 1. The van der Waals surface area contributed by atoms with Crippen molar-refractivity contribution in [2.45, 2.75) is 6.54 Å². The van der Waals surface area contributed by atoms with Crippen LogP contribution in [0.5, 0.6) is 0 Å². The zero-order valence-corrected chi connectivity index (χ0v) is 12.3. The second-order valence-electron chi connectivity index (χ2n) is 5.31. The lowest BCUT2D eigenvalue weighted by Gasteiger charge is -2.12. The zero-order chi connectivity index (χ0) is 15.2. The standard InChI is InChI=1S/C20H17NO/c22-20-10-8-17(9-11-20)6-7-18-12-14-21(15-13-18)16-19-4-2-1-3-5-19/h1-15H,16H2/p+1. The van der Waals surface area contributed by atoms with Crippen molar-refractivity contribution in [1.29, 1.82) is 0 Å². The van der Waals surface area contributed by atoms with Crippen molar-refractivity contribution >= 4 is 5.78 Å². The van der Waals surface area contributed by atoms with E-state index in [1.165, 1.54) is 10.5 Å². The van der Waals surface area contributed by atoms with Crippen molar-refractivity contribution in [2.75, 3.05) is 0 Å². The normalized spacial score (nSPS) is 19.6. The topological polar surface area (TPSA) is 21.5 Å². The predicted molar refractivity (Wildman–Crippen MR) is 88.8 cm³/mol. The van der Waals surface area contributed by atoms with Gasteiger partial charge < -0.3 is 0 Å². The van der Waals surface area contributed by atoms with Crippen LogP contribution in [0.3, 0.4) is 0 Å². The highest BCUT2D eigenvalue weighted by Gasteiger charge is 2.06. The molecule has 0 bridgehead atoms. The molecule has 2 heteroatoms. The largest absolute Gasteiger partial charge is 0.290 e. The summed E-state index contributed by atoms with van der Waals surface area (Å²) in [5.41, 5.74) is 3.51. The van der Waals surface area contributed by atoms with Crippen LogP contribution in [0.1, 0.15) is 5.56 Å². The number of carbonyl (C=O) groups excluding carboxylic acids is 1. The van der Waals surface area contributed by atoms with E-state index in [0.29, 0.717) is 0 Å². The highest BCUT2D eigenvalue weighted by atomic mass is 16.1. The van der Waals surface area contributed by atoms with Crippen LogP contribution < -0.4 is 4.90 Å². The van der Waals surface area contributed by atoms with Crippen molar-refractivity contribution in [3.05, 3.63) is 108 Å². The Kier molecular flexibility index (Phi) is 4.42. The molecule has 1 aromatic rings. The summed E-state index contributed by atoms with van der Waals surface area (Å²) in [5.74, 6) is 0.0439. The van der Waals surface area contributed by atoms with Gasteiger partial charge in [0, 0.05) is 5.56 Å². The Morgan fingerprint density at radius 3 is 2.00 bits per heavy atom. The van der Waals surface area contributed by atoms with Crippen LogP contribution in [0, 0.1) is 0 Å². The lowest BCUT2D eigenvalue weighted by Crippen LogP contribution is -3.01. The van der Waals surface area contributed by atoms with E-state index < -0.39 is 0 Å². The van der Waals surface area contributed by atoms with E-state index in [1.807, 2.05) is 24.3 Å². The monoisotopic (exact) mass is 288 g/mol. The number of carbonyl (C=O) groups is 1. The molecular weight excluding hydrogens is 270 g/mol. The lowest BCUT2D eigenvalue weighted by molar-refractivity contribution is -0.806. The first-order chi connectivity index (χ1) is 10.8. The molecule has 0 spiro atoms. The number of allylic oxidation sites excluding steroid dienone is 10.